The first-order valence-corrected chi connectivity index (χ1v) is 8.62. The number of aryl methyl sites for hydroxylation is 2. The number of benzene rings is 2. The first-order valence-electron chi connectivity index (χ1n) is 8.62. The highest BCUT2D eigenvalue weighted by molar-refractivity contribution is 5.65. The Morgan fingerprint density at radius 3 is 1.77 bits per heavy atom. The Labute approximate surface area is 135 Å². The average molecular weight is 296 g/mol. The van der Waals surface area contributed by atoms with Crippen LogP contribution in [0, 0.1) is 0 Å². The molecule has 22 heavy (non-hydrogen) atoms. The second kappa shape index (κ2) is 9.42. The van der Waals surface area contributed by atoms with E-state index in [0.29, 0.717) is 6.61 Å². The van der Waals surface area contributed by atoms with E-state index < -0.39 is 0 Å². The molecule has 0 heterocycles. The molecule has 0 amide bonds. The summed E-state index contributed by atoms with van der Waals surface area (Å²) < 4.78 is 0. The number of aliphatic hydroxyl groups excluding tert-OH is 1. The number of rotatable bonds is 9. The lowest BCUT2D eigenvalue weighted by Crippen LogP contribution is -1.90. The van der Waals surface area contributed by atoms with Gasteiger partial charge in [-0.25, -0.2) is 0 Å². The van der Waals surface area contributed by atoms with Gasteiger partial charge in [0.2, 0.25) is 0 Å². The maximum Gasteiger partial charge on any atom is 0.0431 e. The number of unbranched alkanes of at least 4 members (excludes halogenated alkanes) is 3. The zero-order valence-corrected chi connectivity index (χ0v) is 13.7. The van der Waals surface area contributed by atoms with Crippen LogP contribution in [0.15, 0.2) is 48.5 Å². The van der Waals surface area contributed by atoms with E-state index in [2.05, 4.69) is 55.5 Å². The Hall–Kier alpha value is -1.60. The Morgan fingerprint density at radius 1 is 0.727 bits per heavy atom. The second-order valence-electron chi connectivity index (χ2n) is 6.04. The summed E-state index contributed by atoms with van der Waals surface area (Å²) in [6.07, 6.45) is 8.03. The van der Waals surface area contributed by atoms with Crippen LogP contribution in [-0.2, 0) is 12.8 Å². The number of hydrogen-bond donors (Lipinski definition) is 1. The van der Waals surface area contributed by atoms with Crippen molar-refractivity contribution in [3.8, 4) is 11.1 Å². The molecule has 0 spiro atoms. The van der Waals surface area contributed by atoms with Crippen molar-refractivity contribution in [1.29, 1.82) is 0 Å². The monoisotopic (exact) mass is 296 g/mol. The van der Waals surface area contributed by atoms with E-state index in [-0.39, 0.29) is 0 Å². The Morgan fingerprint density at radius 2 is 1.27 bits per heavy atom. The zero-order chi connectivity index (χ0) is 15.6. The molecular formula is C21H28O. The van der Waals surface area contributed by atoms with Gasteiger partial charge in [-0.05, 0) is 54.4 Å². The lowest BCUT2D eigenvalue weighted by Gasteiger charge is -2.08. The van der Waals surface area contributed by atoms with Gasteiger partial charge in [-0.3, -0.25) is 0 Å². The van der Waals surface area contributed by atoms with Crippen LogP contribution >= 0.6 is 0 Å². The van der Waals surface area contributed by atoms with Crippen molar-refractivity contribution in [1.82, 2.24) is 0 Å². The fourth-order valence-corrected chi connectivity index (χ4v) is 2.83. The molecule has 2 rings (SSSR count). The topological polar surface area (TPSA) is 20.2 Å². The van der Waals surface area contributed by atoms with Gasteiger partial charge in [0.05, 0.1) is 0 Å². The van der Waals surface area contributed by atoms with Gasteiger partial charge in [-0.15, -0.1) is 0 Å². The molecule has 0 aromatic heterocycles. The fraction of sp³-hybridized carbons (Fsp3) is 0.429. The molecule has 0 unspecified atom stereocenters. The molecule has 1 heteroatoms. The summed E-state index contributed by atoms with van der Waals surface area (Å²) in [5.41, 5.74) is 5.43. The van der Waals surface area contributed by atoms with Gasteiger partial charge >= 0.3 is 0 Å². The summed E-state index contributed by atoms with van der Waals surface area (Å²) in [5.74, 6) is 0. The van der Waals surface area contributed by atoms with E-state index in [1.807, 2.05) is 0 Å². The first-order chi connectivity index (χ1) is 10.8. The van der Waals surface area contributed by atoms with Crippen molar-refractivity contribution < 1.29 is 5.11 Å². The predicted molar refractivity (Wildman–Crippen MR) is 95.1 cm³/mol. The summed E-state index contributed by atoms with van der Waals surface area (Å²) in [6.45, 7) is 2.54. The quantitative estimate of drug-likeness (QED) is 0.614. The molecule has 0 aliphatic heterocycles. The van der Waals surface area contributed by atoms with Gasteiger partial charge in [0.1, 0.15) is 0 Å². The fourth-order valence-electron chi connectivity index (χ4n) is 2.83. The third-order valence-electron chi connectivity index (χ3n) is 4.13. The van der Waals surface area contributed by atoms with Gasteiger partial charge in [0, 0.05) is 6.61 Å². The van der Waals surface area contributed by atoms with Crippen molar-refractivity contribution in [2.75, 3.05) is 6.61 Å². The zero-order valence-electron chi connectivity index (χ0n) is 13.7. The molecule has 2 aromatic rings. The van der Waals surface area contributed by atoms with E-state index in [9.17, 15) is 0 Å². The Bertz CT molecular complexity index is 508. The standard InChI is InChI=1S/C21H28O/c1-2-3-4-9-18-11-7-13-20(16-18)21-14-8-12-19(17-21)10-5-6-15-22/h7-8,11-14,16-17,22H,2-6,9-10,15H2,1H3. The molecule has 0 bridgehead atoms. The van der Waals surface area contributed by atoms with E-state index in [4.69, 9.17) is 5.11 Å². The molecule has 0 atom stereocenters. The molecule has 0 saturated carbocycles. The minimum absolute atomic E-state index is 0.291. The van der Waals surface area contributed by atoms with Crippen LogP contribution in [0.5, 0.6) is 0 Å². The summed E-state index contributed by atoms with van der Waals surface area (Å²) in [6, 6.07) is 17.8. The second-order valence-corrected chi connectivity index (χ2v) is 6.04. The van der Waals surface area contributed by atoms with Crippen molar-refractivity contribution in [2.24, 2.45) is 0 Å². The lowest BCUT2D eigenvalue weighted by atomic mass is 9.97. The van der Waals surface area contributed by atoms with Crippen molar-refractivity contribution >= 4 is 0 Å². The molecule has 0 radical (unpaired) electrons. The van der Waals surface area contributed by atoms with Gasteiger partial charge in [-0.2, -0.15) is 0 Å². The Kier molecular flexibility index (Phi) is 7.18. The highest BCUT2D eigenvalue weighted by Crippen LogP contribution is 2.23. The van der Waals surface area contributed by atoms with E-state index in [0.717, 1.165) is 19.3 Å². The van der Waals surface area contributed by atoms with E-state index in [1.165, 1.54) is 47.9 Å². The van der Waals surface area contributed by atoms with Gasteiger partial charge in [0.15, 0.2) is 0 Å². The molecule has 1 nitrogen and oxygen atoms in total. The van der Waals surface area contributed by atoms with Crippen LogP contribution in [0.2, 0.25) is 0 Å². The summed E-state index contributed by atoms with van der Waals surface area (Å²) in [7, 11) is 0. The smallest absolute Gasteiger partial charge is 0.0431 e. The minimum Gasteiger partial charge on any atom is -0.396 e. The van der Waals surface area contributed by atoms with Crippen molar-refractivity contribution in [2.45, 2.75) is 51.9 Å². The van der Waals surface area contributed by atoms with Gasteiger partial charge in [0.25, 0.3) is 0 Å². The van der Waals surface area contributed by atoms with Crippen LogP contribution in [0.25, 0.3) is 11.1 Å². The first kappa shape index (κ1) is 16.8. The highest BCUT2D eigenvalue weighted by atomic mass is 16.2. The molecule has 2 aromatic carbocycles. The minimum atomic E-state index is 0.291. The third-order valence-corrected chi connectivity index (χ3v) is 4.13. The van der Waals surface area contributed by atoms with Gasteiger partial charge in [-0.1, -0.05) is 68.3 Å². The van der Waals surface area contributed by atoms with E-state index >= 15 is 0 Å². The van der Waals surface area contributed by atoms with Crippen LogP contribution in [0.1, 0.15) is 50.2 Å². The number of aliphatic hydroxyl groups is 1. The van der Waals surface area contributed by atoms with Crippen LogP contribution in [0.3, 0.4) is 0 Å². The average Bonchev–Trinajstić information content (AvgIpc) is 2.56. The molecular weight excluding hydrogens is 268 g/mol. The molecule has 0 saturated heterocycles. The SMILES string of the molecule is CCCCCc1cccc(-c2cccc(CCCCO)c2)c1. The highest BCUT2D eigenvalue weighted by Gasteiger charge is 2.01. The molecule has 1 N–H and O–H groups in total. The Balaban J connectivity index is 2.07. The van der Waals surface area contributed by atoms with Crippen molar-refractivity contribution in [3.63, 3.8) is 0 Å². The predicted octanol–water partition coefficient (Wildman–Crippen LogP) is 5.40. The molecule has 0 aliphatic rings. The maximum atomic E-state index is 8.90. The molecule has 0 aliphatic carbocycles. The summed E-state index contributed by atoms with van der Waals surface area (Å²) in [5, 5.41) is 8.90. The number of hydrogen-bond acceptors (Lipinski definition) is 1. The van der Waals surface area contributed by atoms with Crippen LogP contribution in [-0.4, -0.2) is 11.7 Å². The summed E-state index contributed by atoms with van der Waals surface area (Å²) >= 11 is 0. The van der Waals surface area contributed by atoms with Crippen LogP contribution in [0.4, 0.5) is 0 Å². The third kappa shape index (κ3) is 5.31. The van der Waals surface area contributed by atoms with Crippen LogP contribution < -0.4 is 0 Å². The maximum absolute atomic E-state index is 8.90. The normalized spacial score (nSPS) is 10.8. The lowest BCUT2D eigenvalue weighted by molar-refractivity contribution is 0.284. The molecule has 118 valence electrons. The summed E-state index contributed by atoms with van der Waals surface area (Å²) in [4.78, 5) is 0. The van der Waals surface area contributed by atoms with Crippen molar-refractivity contribution in [3.05, 3.63) is 59.7 Å². The molecule has 0 fully saturated rings. The largest absolute Gasteiger partial charge is 0.396 e. The van der Waals surface area contributed by atoms with Gasteiger partial charge < -0.3 is 5.11 Å². The van der Waals surface area contributed by atoms with E-state index in [1.54, 1.807) is 0 Å².